The molecule has 0 spiro atoms. The number of amides is 1. The van der Waals surface area contributed by atoms with Crippen molar-refractivity contribution in [2.45, 2.75) is 45.6 Å². The Bertz CT molecular complexity index is 607. The molecule has 1 heterocycles. The highest BCUT2D eigenvalue weighted by atomic mass is 16.3. The fourth-order valence-corrected chi connectivity index (χ4v) is 2.50. The lowest BCUT2D eigenvalue weighted by Crippen LogP contribution is -2.22. The molecule has 0 bridgehead atoms. The van der Waals surface area contributed by atoms with Gasteiger partial charge in [0.1, 0.15) is 5.52 Å². The van der Waals surface area contributed by atoms with Gasteiger partial charge in [0.25, 0.3) is 0 Å². The molecule has 0 aliphatic rings. The minimum absolute atomic E-state index is 0.00965. The lowest BCUT2D eigenvalue weighted by molar-refractivity contribution is -0.118. The van der Waals surface area contributed by atoms with Crippen LogP contribution in [0.1, 0.15) is 50.6 Å². The van der Waals surface area contributed by atoms with E-state index in [2.05, 4.69) is 17.2 Å². The number of aryl methyl sites for hydroxylation is 1. The molecule has 2 N–H and O–H groups in total. The third-order valence-electron chi connectivity index (χ3n) is 3.44. The van der Waals surface area contributed by atoms with E-state index in [1.165, 1.54) is 0 Å². The highest BCUT2D eigenvalue weighted by molar-refractivity contribution is 5.77. The normalized spacial score (nSPS) is 12.7. The number of aromatic nitrogens is 1. The zero-order valence-corrected chi connectivity index (χ0v) is 12.6. The molecule has 1 amide bonds. The van der Waals surface area contributed by atoms with Gasteiger partial charge in [-0.3, -0.25) is 10.5 Å². The van der Waals surface area contributed by atoms with E-state index in [1.54, 1.807) is 0 Å². The van der Waals surface area contributed by atoms with E-state index in [-0.39, 0.29) is 12.5 Å². The number of nitrogens with one attached hydrogen (secondary N) is 2. The maximum absolute atomic E-state index is 10.9. The van der Waals surface area contributed by atoms with Crippen LogP contribution in [0.4, 0.5) is 0 Å². The van der Waals surface area contributed by atoms with Crippen LogP contribution in [-0.2, 0) is 11.2 Å². The van der Waals surface area contributed by atoms with E-state index in [4.69, 9.17) is 10.2 Å². The third kappa shape index (κ3) is 3.82. The van der Waals surface area contributed by atoms with Crippen LogP contribution in [0.25, 0.3) is 11.1 Å². The Morgan fingerprint density at radius 1 is 1.43 bits per heavy atom. The minimum Gasteiger partial charge on any atom is -0.440 e. The van der Waals surface area contributed by atoms with Gasteiger partial charge in [0, 0.05) is 24.4 Å². The fraction of sp³-hybridized carbons (Fsp3) is 0.500. The van der Waals surface area contributed by atoms with Crippen LogP contribution in [0, 0.1) is 0 Å². The molecule has 1 aromatic heterocycles. The van der Waals surface area contributed by atoms with Crippen molar-refractivity contribution in [1.82, 2.24) is 16.0 Å². The van der Waals surface area contributed by atoms with Crippen molar-refractivity contribution in [3.05, 3.63) is 29.7 Å². The van der Waals surface area contributed by atoms with Gasteiger partial charge in [0.05, 0.1) is 0 Å². The lowest BCUT2D eigenvalue weighted by atomic mass is 10.0. The summed E-state index contributed by atoms with van der Waals surface area (Å²) in [6, 6.07) is 5.92. The maximum atomic E-state index is 10.9. The van der Waals surface area contributed by atoms with Gasteiger partial charge in [-0.25, -0.2) is 4.98 Å². The zero-order chi connectivity index (χ0) is 15.2. The Kier molecular flexibility index (Phi) is 5.33. The van der Waals surface area contributed by atoms with E-state index in [0.717, 1.165) is 41.9 Å². The first kappa shape index (κ1) is 15.5. The molecule has 1 radical (unpaired) electrons. The largest absolute Gasteiger partial charge is 0.440 e. The molecule has 5 nitrogen and oxygen atoms in total. The molecular formula is C16H22N3O2. The molecule has 0 aliphatic heterocycles. The van der Waals surface area contributed by atoms with Gasteiger partial charge in [-0.1, -0.05) is 26.0 Å². The van der Waals surface area contributed by atoms with Crippen molar-refractivity contribution < 1.29 is 9.21 Å². The Morgan fingerprint density at radius 2 is 2.24 bits per heavy atom. The van der Waals surface area contributed by atoms with Crippen LogP contribution >= 0.6 is 0 Å². The van der Waals surface area contributed by atoms with E-state index in [9.17, 15) is 4.79 Å². The number of rotatable bonds is 8. The molecule has 2 rings (SSSR count). The Labute approximate surface area is 124 Å². The average molecular weight is 288 g/mol. The van der Waals surface area contributed by atoms with Gasteiger partial charge in [0.2, 0.25) is 5.91 Å². The van der Waals surface area contributed by atoms with Crippen LogP contribution in [0.2, 0.25) is 0 Å². The molecule has 1 atom stereocenters. The van der Waals surface area contributed by atoms with Crippen molar-refractivity contribution in [1.29, 1.82) is 0 Å². The summed E-state index contributed by atoms with van der Waals surface area (Å²) >= 11 is 0. The molecular weight excluding hydrogens is 266 g/mol. The summed E-state index contributed by atoms with van der Waals surface area (Å²) in [6.45, 7) is 4.92. The number of carbonyl (C=O) groups excluding carboxylic acids is 1. The third-order valence-corrected chi connectivity index (χ3v) is 3.44. The monoisotopic (exact) mass is 288 g/mol. The molecule has 1 unspecified atom stereocenters. The van der Waals surface area contributed by atoms with Crippen LogP contribution in [-0.4, -0.2) is 17.4 Å². The predicted molar refractivity (Wildman–Crippen MR) is 81.8 cm³/mol. The smallest absolute Gasteiger partial charge is 0.238 e. The summed E-state index contributed by atoms with van der Waals surface area (Å²) in [5.74, 6) is 0.223. The molecule has 0 saturated heterocycles. The van der Waals surface area contributed by atoms with E-state index in [1.807, 2.05) is 25.1 Å². The minimum atomic E-state index is -0.533. The summed E-state index contributed by atoms with van der Waals surface area (Å²) in [5, 5.41) is 3.36. The lowest BCUT2D eigenvalue weighted by Gasteiger charge is -2.17. The molecule has 113 valence electrons. The summed E-state index contributed by atoms with van der Waals surface area (Å²) in [7, 11) is 0. The second kappa shape index (κ2) is 7.22. The number of nitrogens with zero attached hydrogens (tertiary/aromatic N) is 1. The van der Waals surface area contributed by atoms with E-state index >= 15 is 0 Å². The number of fused-ring (bicyclic) bond motifs is 1. The summed E-state index contributed by atoms with van der Waals surface area (Å²) in [5.41, 5.74) is 9.76. The average Bonchev–Trinajstić information content (AvgIpc) is 2.86. The number of hydrogen-bond acceptors (Lipinski definition) is 4. The van der Waals surface area contributed by atoms with Gasteiger partial charge in [-0.15, -0.1) is 0 Å². The molecule has 0 aliphatic carbocycles. The highest BCUT2D eigenvalue weighted by Gasteiger charge is 2.18. The fourth-order valence-electron chi connectivity index (χ4n) is 2.50. The molecule has 1 aromatic carbocycles. The van der Waals surface area contributed by atoms with Crippen molar-refractivity contribution >= 4 is 17.0 Å². The SMILES string of the molecule is CCCc1nc2cccc(C(CCC([NH])=O)NCC)c2o1. The highest BCUT2D eigenvalue weighted by Crippen LogP contribution is 2.28. The molecule has 5 heteroatoms. The summed E-state index contributed by atoms with van der Waals surface area (Å²) < 4.78 is 5.89. The van der Waals surface area contributed by atoms with Gasteiger partial charge in [-0.2, -0.15) is 0 Å². The Hall–Kier alpha value is -1.88. The van der Waals surface area contributed by atoms with Crippen LogP contribution in [0.15, 0.2) is 22.6 Å². The summed E-state index contributed by atoms with van der Waals surface area (Å²) in [4.78, 5) is 15.4. The maximum Gasteiger partial charge on any atom is 0.238 e. The number of oxazole rings is 1. The number of hydrogen-bond donors (Lipinski definition) is 1. The van der Waals surface area contributed by atoms with Gasteiger partial charge >= 0.3 is 0 Å². The topological polar surface area (TPSA) is 78.9 Å². The van der Waals surface area contributed by atoms with Crippen LogP contribution < -0.4 is 11.1 Å². The Balaban J connectivity index is 2.34. The van der Waals surface area contributed by atoms with Crippen molar-refractivity contribution in [3.63, 3.8) is 0 Å². The number of benzene rings is 1. The molecule has 2 aromatic rings. The van der Waals surface area contributed by atoms with E-state index < -0.39 is 5.91 Å². The van der Waals surface area contributed by atoms with Crippen molar-refractivity contribution in [2.24, 2.45) is 0 Å². The second-order valence-corrected chi connectivity index (χ2v) is 5.13. The first-order valence-electron chi connectivity index (χ1n) is 7.51. The molecule has 0 fully saturated rings. The predicted octanol–water partition coefficient (Wildman–Crippen LogP) is 3.02. The first-order chi connectivity index (χ1) is 10.2. The summed E-state index contributed by atoms with van der Waals surface area (Å²) in [6.07, 6.45) is 2.65. The number of para-hydroxylation sites is 1. The molecule has 21 heavy (non-hydrogen) atoms. The van der Waals surface area contributed by atoms with Gasteiger partial charge < -0.3 is 9.73 Å². The van der Waals surface area contributed by atoms with Crippen LogP contribution in [0.5, 0.6) is 0 Å². The number of carbonyl (C=O) groups is 1. The zero-order valence-electron chi connectivity index (χ0n) is 12.6. The first-order valence-corrected chi connectivity index (χ1v) is 7.51. The Morgan fingerprint density at radius 3 is 2.90 bits per heavy atom. The van der Waals surface area contributed by atoms with Crippen molar-refractivity contribution in [2.75, 3.05) is 6.54 Å². The van der Waals surface area contributed by atoms with Gasteiger partial charge in [-0.05, 0) is 25.5 Å². The second-order valence-electron chi connectivity index (χ2n) is 5.13. The van der Waals surface area contributed by atoms with E-state index in [0.29, 0.717) is 6.42 Å². The molecule has 0 saturated carbocycles. The van der Waals surface area contributed by atoms with Crippen LogP contribution in [0.3, 0.4) is 0 Å². The standard InChI is InChI=1S/C16H22N3O2/c1-3-6-15-19-13-8-5-7-11(16(13)21-15)12(18-4-2)9-10-14(17)20/h5,7-8,12,17-18H,3-4,6,9-10H2,1-2H3. The van der Waals surface area contributed by atoms with Crippen molar-refractivity contribution in [3.8, 4) is 0 Å². The quantitative estimate of drug-likeness (QED) is 0.809. The van der Waals surface area contributed by atoms with Gasteiger partial charge in [0.15, 0.2) is 11.5 Å².